The van der Waals surface area contributed by atoms with Gasteiger partial charge in [0.05, 0.1) is 0 Å². The molecule has 1 aromatic carbocycles. The fourth-order valence-electron chi connectivity index (χ4n) is 1.93. The van der Waals surface area contributed by atoms with Crippen molar-refractivity contribution in [2.24, 2.45) is 0 Å². The molecule has 0 aliphatic heterocycles. The average molecular weight is 234 g/mol. The van der Waals surface area contributed by atoms with E-state index in [9.17, 15) is 0 Å². The van der Waals surface area contributed by atoms with E-state index in [-0.39, 0.29) is 0 Å². The predicted molar refractivity (Wildman–Crippen MR) is 78.0 cm³/mol. The summed E-state index contributed by atoms with van der Waals surface area (Å²) in [5.41, 5.74) is 2.47. The molecule has 1 unspecified atom stereocenters. The molecule has 0 aliphatic rings. The van der Waals surface area contributed by atoms with E-state index in [0.717, 1.165) is 0 Å². The molecule has 2 nitrogen and oxygen atoms in total. The largest absolute Gasteiger partial charge is 0.383 e. The fourth-order valence-corrected chi connectivity index (χ4v) is 1.93. The van der Waals surface area contributed by atoms with E-state index in [1.165, 1.54) is 37.1 Å². The van der Waals surface area contributed by atoms with Gasteiger partial charge in [0.15, 0.2) is 0 Å². The molecule has 1 atom stereocenters. The monoisotopic (exact) mass is 234 g/mol. The maximum Gasteiger partial charge on any atom is 0.0381 e. The number of nitrogens with zero attached hydrogens (tertiary/aromatic N) is 1. The Hall–Kier alpha value is -1.18. The van der Waals surface area contributed by atoms with Crippen molar-refractivity contribution in [1.29, 1.82) is 0 Å². The summed E-state index contributed by atoms with van der Waals surface area (Å²) in [7, 11) is 4.15. The number of nitrogens with one attached hydrogen (secondary N) is 1. The standard InChI is InChI=1S/C15H26N2/c1-5-6-7-9-13(2)16-14-10-8-11-15(12-14)17(3)4/h8,10-13,16H,5-7,9H2,1-4H3. The van der Waals surface area contributed by atoms with Crippen molar-refractivity contribution < 1.29 is 0 Å². The second-order valence-corrected chi connectivity index (χ2v) is 4.99. The highest BCUT2D eigenvalue weighted by Crippen LogP contribution is 2.19. The Bertz CT molecular complexity index is 320. The molecule has 1 N–H and O–H groups in total. The molecular weight excluding hydrogens is 208 g/mol. The Morgan fingerprint density at radius 1 is 1.24 bits per heavy atom. The zero-order valence-corrected chi connectivity index (χ0v) is 11.7. The van der Waals surface area contributed by atoms with Gasteiger partial charge in [-0.15, -0.1) is 0 Å². The SMILES string of the molecule is CCCCCC(C)Nc1cccc(N(C)C)c1. The lowest BCUT2D eigenvalue weighted by Crippen LogP contribution is -2.15. The highest BCUT2D eigenvalue weighted by atomic mass is 15.1. The van der Waals surface area contributed by atoms with E-state index in [1.54, 1.807) is 0 Å². The molecule has 0 radical (unpaired) electrons. The zero-order chi connectivity index (χ0) is 12.7. The highest BCUT2D eigenvalue weighted by molar-refractivity contribution is 5.57. The van der Waals surface area contributed by atoms with Gasteiger partial charge in [0, 0.05) is 31.5 Å². The summed E-state index contributed by atoms with van der Waals surface area (Å²) in [4.78, 5) is 2.13. The Morgan fingerprint density at radius 2 is 2.00 bits per heavy atom. The number of anilines is 2. The topological polar surface area (TPSA) is 15.3 Å². The van der Waals surface area contributed by atoms with Gasteiger partial charge >= 0.3 is 0 Å². The van der Waals surface area contributed by atoms with E-state index in [2.05, 4.69) is 62.4 Å². The Balaban J connectivity index is 2.47. The van der Waals surface area contributed by atoms with Crippen molar-refractivity contribution in [2.75, 3.05) is 24.3 Å². The summed E-state index contributed by atoms with van der Waals surface area (Å²) in [5, 5.41) is 3.57. The summed E-state index contributed by atoms with van der Waals surface area (Å²) in [6.45, 7) is 4.51. The van der Waals surface area contributed by atoms with E-state index in [0.29, 0.717) is 6.04 Å². The van der Waals surface area contributed by atoms with Crippen molar-refractivity contribution in [3.63, 3.8) is 0 Å². The molecule has 0 saturated heterocycles. The van der Waals surface area contributed by atoms with Gasteiger partial charge in [-0.3, -0.25) is 0 Å². The second-order valence-electron chi connectivity index (χ2n) is 4.99. The molecule has 1 aromatic rings. The molecule has 17 heavy (non-hydrogen) atoms. The minimum Gasteiger partial charge on any atom is -0.383 e. The van der Waals surface area contributed by atoms with Crippen LogP contribution in [-0.2, 0) is 0 Å². The average Bonchev–Trinajstić information content (AvgIpc) is 2.29. The predicted octanol–water partition coefficient (Wildman–Crippen LogP) is 4.13. The summed E-state index contributed by atoms with van der Waals surface area (Å²) in [5.74, 6) is 0. The van der Waals surface area contributed by atoms with Gasteiger partial charge in [-0.25, -0.2) is 0 Å². The number of rotatable bonds is 7. The first kappa shape index (κ1) is 13.9. The second kappa shape index (κ2) is 7.21. The van der Waals surface area contributed by atoms with Crippen LogP contribution in [-0.4, -0.2) is 20.1 Å². The van der Waals surface area contributed by atoms with Crippen molar-refractivity contribution >= 4 is 11.4 Å². The van der Waals surface area contributed by atoms with Crippen LogP contribution in [0.15, 0.2) is 24.3 Å². The van der Waals surface area contributed by atoms with Crippen LogP contribution in [0.3, 0.4) is 0 Å². The number of unbranched alkanes of at least 4 members (excludes halogenated alkanes) is 2. The van der Waals surface area contributed by atoms with Gasteiger partial charge in [-0.2, -0.15) is 0 Å². The fraction of sp³-hybridized carbons (Fsp3) is 0.600. The smallest absolute Gasteiger partial charge is 0.0381 e. The minimum atomic E-state index is 0.555. The molecule has 96 valence electrons. The molecule has 0 amide bonds. The lowest BCUT2D eigenvalue weighted by Gasteiger charge is -2.18. The van der Waals surface area contributed by atoms with Crippen LogP contribution in [0.25, 0.3) is 0 Å². The first-order valence-corrected chi connectivity index (χ1v) is 6.67. The van der Waals surface area contributed by atoms with Crippen LogP contribution in [0, 0.1) is 0 Å². The molecule has 0 aromatic heterocycles. The molecule has 0 bridgehead atoms. The van der Waals surface area contributed by atoms with Crippen LogP contribution >= 0.6 is 0 Å². The number of hydrogen-bond donors (Lipinski definition) is 1. The van der Waals surface area contributed by atoms with Crippen LogP contribution in [0.5, 0.6) is 0 Å². The summed E-state index contributed by atoms with van der Waals surface area (Å²) >= 11 is 0. The maximum absolute atomic E-state index is 3.57. The third-order valence-corrected chi connectivity index (χ3v) is 3.02. The Morgan fingerprint density at radius 3 is 2.65 bits per heavy atom. The molecule has 0 fully saturated rings. The van der Waals surface area contributed by atoms with E-state index >= 15 is 0 Å². The summed E-state index contributed by atoms with van der Waals surface area (Å²) in [6.07, 6.45) is 5.20. The van der Waals surface area contributed by atoms with Gasteiger partial charge in [-0.05, 0) is 31.5 Å². The van der Waals surface area contributed by atoms with Crippen molar-refractivity contribution in [3.05, 3.63) is 24.3 Å². The van der Waals surface area contributed by atoms with Gasteiger partial charge in [0.25, 0.3) is 0 Å². The quantitative estimate of drug-likeness (QED) is 0.713. The van der Waals surface area contributed by atoms with E-state index in [4.69, 9.17) is 0 Å². The molecule has 0 heterocycles. The van der Waals surface area contributed by atoms with E-state index < -0.39 is 0 Å². The van der Waals surface area contributed by atoms with Crippen LogP contribution in [0.1, 0.15) is 39.5 Å². The molecule has 0 aliphatic carbocycles. The lowest BCUT2D eigenvalue weighted by atomic mass is 10.1. The normalized spacial score (nSPS) is 12.2. The van der Waals surface area contributed by atoms with Gasteiger partial charge in [0.2, 0.25) is 0 Å². The van der Waals surface area contributed by atoms with Crippen molar-refractivity contribution in [2.45, 2.75) is 45.6 Å². The van der Waals surface area contributed by atoms with Crippen molar-refractivity contribution in [1.82, 2.24) is 0 Å². The lowest BCUT2D eigenvalue weighted by molar-refractivity contribution is 0.615. The van der Waals surface area contributed by atoms with Gasteiger partial charge < -0.3 is 10.2 Å². The minimum absolute atomic E-state index is 0.555. The third kappa shape index (κ3) is 5.12. The van der Waals surface area contributed by atoms with Gasteiger partial charge in [0.1, 0.15) is 0 Å². The zero-order valence-electron chi connectivity index (χ0n) is 11.7. The number of benzene rings is 1. The van der Waals surface area contributed by atoms with Crippen LogP contribution in [0.2, 0.25) is 0 Å². The molecule has 0 spiro atoms. The van der Waals surface area contributed by atoms with Gasteiger partial charge in [-0.1, -0.05) is 32.3 Å². The number of hydrogen-bond acceptors (Lipinski definition) is 2. The third-order valence-electron chi connectivity index (χ3n) is 3.02. The summed E-state index contributed by atoms with van der Waals surface area (Å²) < 4.78 is 0. The molecule has 0 saturated carbocycles. The molecule has 2 heteroatoms. The summed E-state index contributed by atoms with van der Waals surface area (Å²) in [6, 6.07) is 9.14. The highest BCUT2D eigenvalue weighted by Gasteiger charge is 2.02. The first-order chi connectivity index (χ1) is 8.13. The molecule has 1 rings (SSSR count). The van der Waals surface area contributed by atoms with Crippen LogP contribution in [0.4, 0.5) is 11.4 Å². The first-order valence-electron chi connectivity index (χ1n) is 6.67. The van der Waals surface area contributed by atoms with Crippen molar-refractivity contribution in [3.8, 4) is 0 Å². The Kier molecular flexibility index (Phi) is 5.88. The molecular formula is C15H26N2. The Labute approximate surface area is 106 Å². The van der Waals surface area contributed by atoms with Crippen LogP contribution < -0.4 is 10.2 Å². The maximum atomic E-state index is 3.57. The van der Waals surface area contributed by atoms with E-state index in [1.807, 2.05) is 0 Å².